The van der Waals surface area contributed by atoms with Crippen molar-refractivity contribution in [3.05, 3.63) is 89.2 Å². The van der Waals surface area contributed by atoms with E-state index >= 15 is 0 Å². The maximum atomic E-state index is 13.7. The van der Waals surface area contributed by atoms with Crippen LogP contribution in [0.5, 0.6) is 11.5 Å². The van der Waals surface area contributed by atoms with E-state index < -0.39 is 0 Å². The van der Waals surface area contributed by atoms with Crippen LogP contribution in [0.25, 0.3) is 21.8 Å². The first-order valence-electron chi connectivity index (χ1n) is 12.1. The summed E-state index contributed by atoms with van der Waals surface area (Å²) in [5.74, 6) is -0.166. The van der Waals surface area contributed by atoms with E-state index in [1.165, 1.54) is 30.5 Å². The molecule has 3 aromatic carbocycles. The van der Waals surface area contributed by atoms with E-state index in [0.29, 0.717) is 46.1 Å². The van der Waals surface area contributed by atoms with E-state index in [9.17, 15) is 19.8 Å². The van der Waals surface area contributed by atoms with Gasteiger partial charge in [0.25, 0.3) is 11.8 Å². The highest BCUT2D eigenvalue weighted by molar-refractivity contribution is 6.19. The molecule has 1 atom stereocenters. The molecule has 0 aliphatic carbocycles. The Balaban J connectivity index is 1.33. The number of hydrogen-bond donors (Lipinski definition) is 4. The monoisotopic (exact) mass is 526 g/mol. The average Bonchev–Trinajstić information content (AvgIpc) is 3.50. The lowest BCUT2D eigenvalue weighted by molar-refractivity contribution is 0.0983. The number of halogens is 1. The summed E-state index contributed by atoms with van der Waals surface area (Å²) >= 11 is 6.35. The number of phenolic OH excluding ortho intramolecular Hbond substituents is 2. The number of aryl methyl sites for hydroxylation is 1. The molecule has 3 heterocycles. The summed E-state index contributed by atoms with van der Waals surface area (Å²) < 4.78 is 0. The number of nitrogens with one attached hydrogen (secondary N) is 2. The number of pyridine rings is 1. The second kappa shape index (κ2) is 9.08. The first-order chi connectivity index (χ1) is 18.3. The number of phenols is 2. The molecule has 0 saturated heterocycles. The van der Waals surface area contributed by atoms with Gasteiger partial charge in [0.1, 0.15) is 22.8 Å². The molecular weight excluding hydrogens is 504 g/mol. The van der Waals surface area contributed by atoms with Crippen LogP contribution in [-0.4, -0.2) is 44.4 Å². The van der Waals surface area contributed by atoms with E-state index in [1.807, 2.05) is 25.1 Å². The Morgan fingerprint density at radius 3 is 2.68 bits per heavy atom. The van der Waals surface area contributed by atoms with E-state index in [2.05, 4.69) is 15.3 Å². The van der Waals surface area contributed by atoms with Crippen molar-refractivity contribution in [1.29, 1.82) is 0 Å². The van der Waals surface area contributed by atoms with Crippen molar-refractivity contribution in [3.63, 3.8) is 0 Å². The van der Waals surface area contributed by atoms with Gasteiger partial charge in [0.05, 0.1) is 17.6 Å². The van der Waals surface area contributed by atoms with Gasteiger partial charge in [-0.15, -0.1) is 11.6 Å². The van der Waals surface area contributed by atoms with Crippen molar-refractivity contribution in [2.45, 2.75) is 12.8 Å². The van der Waals surface area contributed by atoms with Crippen LogP contribution in [0, 0.1) is 6.92 Å². The zero-order chi connectivity index (χ0) is 26.6. The van der Waals surface area contributed by atoms with Crippen LogP contribution in [0.4, 0.5) is 11.4 Å². The lowest BCUT2D eigenvalue weighted by Gasteiger charge is -2.18. The third kappa shape index (κ3) is 3.90. The van der Waals surface area contributed by atoms with Gasteiger partial charge in [0.2, 0.25) is 0 Å². The van der Waals surface area contributed by atoms with Crippen LogP contribution in [0.2, 0.25) is 0 Å². The van der Waals surface area contributed by atoms with Gasteiger partial charge < -0.3 is 25.4 Å². The minimum Gasteiger partial charge on any atom is -0.508 e. The van der Waals surface area contributed by atoms with Crippen LogP contribution < -0.4 is 10.2 Å². The van der Waals surface area contributed by atoms with Crippen molar-refractivity contribution in [1.82, 2.24) is 9.97 Å². The molecule has 0 fully saturated rings. The van der Waals surface area contributed by atoms with Crippen LogP contribution in [0.15, 0.2) is 66.9 Å². The Labute approximate surface area is 222 Å². The summed E-state index contributed by atoms with van der Waals surface area (Å²) in [5.41, 5.74) is 4.31. The highest BCUT2D eigenvalue weighted by Crippen LogP contribution is 2.46. The van der Waals surface area contributed by atoms with E-state index in [1.54, 1.807) is 23.1 Å². The fraction of sp³-hybridized carbons (Fsp3) is 0.138. The highest BCUT2D eigenvalue weighted by Gasteiger charge is 2.35. The zero-order valence-corrected chi connectivity index (χ0v) is 21.1. The topological polar surface area (TPSA) is 119 Å². The maximum Gasteiger partial charge on any atom is 0.274 e. The van der Waals surface area contributed by atoms with Crippen LogP contribution in [-0.2, 0) is 0 Å². The number of rotatable bonds is 4. The largest absolute Gasteiger partial charge is 0.508 e. The molecule has 4 N–H and O–H groups in total. The first-order valence-corrected chi connectivity index (χ1v) is 12.6. The Bertz CT molecular complexity index is 1750. The van der Waals surface area contributed by atoms with Gasteiger partial charge in [-0.3, -0.25) is 9.59 Å². The third-order valence-electron chi connectivity index (χ3n) is 6.99. The summed E-state index contributed by atoms with van der Waals surface area (Å²) in [6, 6.07) is 16.7. The molecule has 6 rings (SSSR count). The fourth-order valence-electron chi connectivity index (χ4n) is 5.18. The summed E-state index contributed by atoms with van der Waals surface area (Å²) in [5, 5.41) is 25.3. The van der Waals surface area contributed by atoms with Crippen molar-refractivity contribution in [2.75, 3.05) is 22.6 Å². The molecule has 0 saturated carbocycles. The number of aromatic amines is 1. The molecule has 0 unspecified atom stereocenters. The van der Waals surface area contributed by atoms with Crippen LogP contribution >= 0.6 is 11.6 Å². The average molecular weight is 527 g/mol. The van der Waals surface area contributed by atoms with Gasteiger partial charge in [-0.2, -0.15) is 0 Å². The minimum absolute atomic E-state index is 0.0747. The number of amides is 2. The lowest BCUT2D eigenvalue weighted by atomic mass is 9.92. The SMILES string of the molecule is Cc1cccc2c(O)cc3c(c12)[C@H](CCl)CN3C(=O)c1cc2cc(NC(=O)c3ccc(O)cc3)cnc2[nH]1. The smallest absolute Gasteiger partial charge is 0.274 e. The molecule has 0 radical (unpaired) electrons. The number of H-pyrrole nitrogens is 1. The number of fused-ring (bicyclic) bond motifs is 4. The summed E-state index contributed by atoms with van der Waals surface area (Å²) in [6.07, 6.45) is 1.51. The number of hydrogen-bond acceptors (Lipinski definition) is 5. The zero-order valence-electron chi connectivity index (χ0n) is 20.3. The molecule has 5 aromatic rings. The molecule has 0 bridgehead atoms. The molecule has 8 nitrogen and oxygen atoms in total. The van der Waals surface area contributed by atoms with Gasteiger partial charge in [-0.05, 0) is 59.8 Å². The molecule has 190 valence electrons. The molecular formula is C29H23ClN4O4. The van der Waals surface area contributed by atoms with E-state index in [4.69, 9.17) is 11.6 Å². The van der Waals surface area contributed by atoms with E-state index in [0.717, 1.165) is 21.9 Å². The lowest BCUT2D eigenvalue weighted by Crippen LogP contribution is -2.30. The number of benzene rings is 3. The highest BCUT2D eigenvalue weighted by atomic mass is 35.5. The van der Waals surface area contributed by atoms with Gasteiger partial charge in [0.15, 0.2) is 0 Å². The first kappa shape index (κ1) is 23.8. The van der Waals surface area contributed by atoms with Gasteiger partial charge >= 0.3 is 0 Å². The molecule has 1 aliphatic rings. The van der Waals surface area contributed by atoms with Crippen molar-refractivity contribution < 1.29 is 19.8 Å². The Hall–Kier alpha value is -4.56. The maximum absolute atomic E-state index is 13.7. The molecule has 2 aromatic heterocycles. The van der Waals surface area contributed by atoms with Crippen molar-refractivity contribution >= 4 is 56.6 Å². The normalized spacial score (nSPS) is 14.7. The fourth-order valence-corrected chi connectivity index (χ4v) is 5.43. The summed E-state index contributed by atoms with van der Waals surface area (Å²) in [4.78, 5) is 35.3. The van der Waals surface area contributed by atoms with Gasteiger partial charge in [0, 0.05) is 40.7 Å². The third-order valence-corrected chi connectivity index (χ3v) is 7.36. The Morgan fingerprint density at radius 2 is 1.92 bits per heavy atom. The molecule has 9 heteroatoms. The number of carbonyl (C=O) groups is 2. The Morgan fingerprint density at radius 1 is 1.13 bits per heavy atom. The quantitative estimate of drug-likeness (QED) is 0.225. The molecule has 38 heavy (non-hydrogen) atoms. The number of nitrogens with zero attached hydrogens (tertiary/aromatic N) is 2. The Kier molecular flexibility index (Phi) is 5.69. The number of aromatic hydroxyl groups is 2. The van der Waals surface area contributed by atoms with Crippen molar-refractivity contribution in [2.24, 2.45) is 0 Å². The number of aromatic nitrogens is 2. The number of anilines is 2. The van der Waals surface area contributed by atoms with Gasteiger partial charge in [-0.1, -0.05) is 18.2 Å². The predicted octanol–water partition coefficient (Wildman–Crippen LogP) is 5.67. The van der Waals surface area contributed by atoms with Crippen molar-refractivity contribution in [3.8, 4) is 11.5 Å². The van der Waals surface area contributed by atoms with Gasteiger partial charge in [-0.25, -0.2) is 4.98 Å². The second-order valence-corrected chi connectivity index (χ2v) is 9.75. The number of alkyl halides is 1. The van der Waals surface area contributed by atoms with Crippen LogP contribution in [0.3, 0.4) is 0 Å². The second-order valence-electron chi connectivity index (χ2n) is 9.44. The summed E-state index contributed by atoms with van der Waals surface area (Å²) in [7, 11) is 0. The standard InChI is InChI=1S/C29H23ClN4O4/c1-15-3-2-4-21-24(36)11-23-26(25(15)21)18(12-30)14-34(23)29(38)22-10-17-9-19(13-31-27(17)33-22)32-28(37)16-5-7-20(35)8-6-16/h2-11,13,18,35-36H,12,14H2,1H3,(H,31,33)(H,32,37)/t18-/m1/s1. The minimum atomic E-state index is -0.346. The molecule has 0 spiro atoms. The predicted molar refractivity (Wildman–Crippen MR) is 148 cm³/mol. The molecule has 1 aliphatic heterocycles. The summed E-state index contributed by atoms with van der Waals surface area (Å²) in [6.45, 7) is 2.38. The van der Waals surface area contributed by atoms with E-state index in [-0.39, 0.29) is 29.2 Å². The molecule has 2 amide bonds. The van der Waals surface area contributed by atoms with Crippen LogP contribution in [0.1, 0.15) is 37.9 Å². The number of carbonyl (C=O) groups excluding carboxylic acids is 2.